The number of benzene rings is 3. The number of halogens is 4. The van der Waals surface area contributed by atoms with Gasteiger partial charge in [0.25, 0.3) is 0 Å². The molecule has 0 heterocycles. The minimum Gasteiger partial charge on any atom is -0.0786 e. The molecule has 0 bridgehead atoms. The Bertz CT molecular complexity index is 814. The van der Waals surface area contributed by atoms with Crippen molar-refractivity contribution < 1.29 is 0 Å². The molecule has 0 nitrogen and oxygen atoms in total. The minimum atomic E-state index is 0.152. The summed E-state index contributed by atoms with van der Waals surface area (Å²) in [5, 5.41) is 2.50. The van der Waals surface area contributed by atoms with Crippen molar-refractivity contribution in [3.8, 4) is 0 Å². The molecular formula is C17H10Br3I. The van der Waals surface area contributed by atoms with Gasteiger partial charge in [-0.2, -0.15) is 0 Å². The van der Waals surface area contributed by atoms with Crippen molar-refractivity contribution in [3.05, 3.63) is 78.2 Å². The van der Waals surface area contributed by atoms with Gasteiger partial charge in [0, 0.05) is 12.5 Å². The van der Waals surface area contributed by atoms with Gasteiger partial charge in [-0.1, -0.05) is 78.1 Å². The third kappa shape index (κ3) is 3.23. The summed E-state index contributed by atoms with van der Waals surface area (Å²) in [5.74, 6) is 0. The Morgan fingerprint density at radius 1 is 0.762 bits per heavy atom. The highest BCUT2D eigenvalue weighted by atomic mass is 127. The van der Waals surface area contributed by atoms with Crippen LogP contribution in [-0.4, -0.2) is 0 Å². The Morgan fingerprint density at radius 3 is 2.19 bits per heavy atom. The molecule has 0 saturated heterocycles. The van der Waals surface area contributed by atoms with Crippen LogP contribution < -0.4 is 0 Å². The summed E-state index contributed by atoms with van der Waals surface area (Å²) in [6, 6.07) is 19.2. The molecule has 1 unspecified atom stereocenters. The van der Waals surface area contributed by atoms with Gasteiger partial charge < -0.3 is 0 Å². The van der Waals surface area contributed by atoms with Crippen LogP contribution in [0.3, 0.4) is 0 Å². The monoisotopic (exact) mass is 578 g/mol. The van der Waals surface area contributed by atoms with Crippen LogP contribution in [-0.2, 0) is 0 Å². The van der Waals surface area contributed by atoms with Crippen LogP contribution in [0, 0.1) is 3.57 Å². The smallest absolute Gasteiger partial charge is 0.0661 e. The molecule has 106 valence electrons. The fourth-order valence-corrected chi connectivity index (χ4v) is 4.94. The molecule has 3 rings (SSSR count). The molecule has 0 fully saturated rings. The predicted octanol–water partition coefficient (Wildman–Crippen LogP) is 7.45. The van der Waals surface area contributed by atoms with Gasteiger partial charge in [-0.15, -0.1) is 0 Å². The van der Waals surface area contributed by atoms with Crippen LogP contribution in [0.5, 0.6) is 0 Å². The van der Waals surface area contributed by atoms with E-state index in [1.54, 1.807) is 0 Å². The minimum absolute atomic E-state index is 0.152. The van der Waals surface area contributed by atoms with Crippen molar-refractivity contribution >= 4 is 81.2 Å². The lowest BCUT2D eigenvalue weighted by Gasteiger charge is -2.16. The molecule has 0 spiro atoms. The van der Waals surface area contributed by atoms with Crippen molar-refractivity contribution in [2.75, 3.05) is 0 Å². The van der Waals surface area contributed by atoms with E-state index in [4.69, 9.17) is 0 Å². The third-order valence-electron chi connectivity index (χ3n) is 3.41. The molecule has 1 atom stereocenters. The molecule has 0 aromatic heterocycles. The van der Waals surface area contributed by atoms with Gasteiger partial charge in [-0.25, -0.2) is 0 Å². The Morgan fingerprint density at radius 2 is 1.43 bits per heavy atom. The first-order valence-electron chi connectivity index (χ1n) is 6.34. The van der Waals surface area contributed by atoms with Crippen LogP contribution in [0.4, 0.5) is 0 Å². The molecule has 0 radical (unpaired) electrons. The van der Waals surface area contributed by atoms with Crippen LogP contribution >= 0.6 is 70.4 Å². The molecule has 0 saturated carbocycles. The average Bonchev–Trinajstić information content (AvgIpc) is 2.50. The molecule has 3 aromatic rings. The summed E-state index contributed by atoms with van der Waals surface area (Å²) >= 11 is 13.5. The van der Waals surface area contributed by atoms with Crippen LogP contribution in [0.25, 0.3) is 10.8 Å². The molecule has 0 amide bonds. The van der Waals surface area contributed by atoms with E-state index in [1.165, 1.54) is 25.5 Å². The van der Waals surface area contributed by atoms with E-state index in [0.29, 0.717) is 0 Å². The second-order valence-electron chi connectivity index (χ2n) is 4.71. The highest BCUT2D eigenvalue weighted by Gasteiger charge is 2.17. The molecule has 0 aliphatic rings. The van der Waals surface area contributed by atoms with Gasteiger partial charge in [0.05, 0.1) is 4.83 Å². The summed E-state index contributed by atoms with van der Waals surface area (Å²) in [6.07, 6.45) is 0. The van der Waals surface area contributed by atoms with Crippen molar-refractivity contribution in [3.63, 3.8) is 0 Å². The van der Waals surface area contributed by atoms with E-state index >= 15 is 0 Å². The molecule has 0 aliphatic carbocycles. The van der Waals surface area contributed by atoms with Gasteiger partial charge in [0.15, 0.2) is 0 Å². The zero-order valence-corrected chi connectivity index (χ0v) is 17.7. The molecule has 21 heavy (non-hydrogen) atoms. The second-order valence-corrected chi connectivity index (χ2v) is 8.58. The van der Waals surface area contributed by atoms with Crippen molar-refractivity contribution in [2.45, 2.75) is 4.83 Å². The number of rotatable bonds is 2. The highest BCUT2D eigenvalue weighted by molar-refractivity contribution is 14.1. The number of fused-ring (bicyclic) bond motifs is 1. The largest absolute Gasteiger partial charge is 0.0786 e. The maximum absolute atomic E-state index is 3.88. The summed E-state index contributed by atoms with van der Waals surface area (Å²) in [4.78, 5) is 0.152. The Balaban J connectivity index is 2.20. The summed E-state index contributed by atoms with van der Waals surface area (Å²) in [7, 11) is 0. The molecule has 4 heteroatoms. The van der Waals surface area contributed by atoms with Gasteiger partial charge in [0.1, 0.15) is 0 Å². The lowest BCUT2D eigenvalue weighted by Crippen LogP contribution is -1.96. The fraction of sp³-hybridized carbons (Fsp3) is 0.0588. The SMILES string of the molecule is Brc1ccc(I)cc1C(Br)c1ccc(Br)c2ccccc12. The molecule has 0 aliphatic heterocycles. The van der Waals surface area contributed by atoms with E-state index in [0.717, 1.165) is 8.95 Å². The zero-order chi connectivity index (χ0) is 15.0. The van der Waals surface area contributed by atoms with Gasteiger partial charge in [-0.05, 0) is 68.8 Å². The Labute approximate surface area is 162 Å². The third-order valence-corrected chi connectivity index (χ3v) is 6.48. The lowest BCUT2D eigenvalue weighted by molar-refractivity contribution is 1.18. The highest BCUT2D eigenvalue weighted by Crippen LogP contribution is 2.40. The second kappa shape index (κ2) is 6.69. The van der Waals surface area contributed by atoms with Crippen molar-refractivity contribution in [2.24, 2.45) is 0 Å². The first kappa shape index (κ1) is 16.0. The summed E-state index contributed by atoms with van der Waals surface area (Å²) in [5.41, 5.74) is 2.52. The average molecular weight is 581 g/mol. The summed E-state index contributed by atoms with van der Waals surface area (Å²) < 4.78 is 3.48. The number of hydrogen-bond donors (Lipinski definition) is 0. The van der Waals surface area contributed by atoms with E-state index < -0.39 is 0 Å². The van der Waals surface area contributed by atoms with Crippen molar-refractivity contribution in [1.82, 2.24) is 0 Å². The quantitative estimate of drug-likeness (QED) is 0.218. The van der Waals surface area contributed by atoms with Crippen LogP contribution in [0.2, 0.25) is 0 Å². The topological polar surface area (TPSA) is 0 Å². The Hall–Kier alpha value is 0.0900. The summed E-state index contributed by atoms with van der Waals surface area (Å²) in [6.45, 7) is 0. The molecule has 3 aromatic carbocycles. The van der Waals surface area contributed by atoms with E-state index in [1.807, 2.05) is 0 Å². The van der Waals surface area contributed by atoms with E-state index in [2.05, 4.69) is 125 Å². The van der Waals surface area contributed by atoms with E-state index in [-0.39, 0.29) is 4.83 Å². The van der Waals surface area contributed by atoms with Gasteiger partial charge in [0.2, 0.25) is 0 Å². The number of hydrogen-bond acceptors (Lipinski definition) is 0. The normalized spacial score (nSPS) is 12.6. The molecular weight excluding hydrogens is 571 g/mol. The first-order chi connectivity index (χ1) is 10.1. The van der Waals surface area contributed by atoms with Crippen LogP contribution in [0.1, 0.15) is 16.0 Å². The van der Waals surface area contributed by atoms with E-state index in [9.17, 15) is 0 Å². The first-order valence-corrected chi connectivity index (χ1v) is 9.92. The predicted molar refractivity (Wildman–Crippen MR) is 109 cm³/mol. The van der Waals surface area contributed by atoms with Gasteiger partial charge in [-0.3, -0.25) is 0 Å². The van der Waals surface area contributed by atoms with Crippen LogP contribution in [0.15, 0.2) is 63.5 Å². The lowest BCUT2D eigenvalue weighted by atomic mass is 9.98. The van der Waals surface area contributed by atoms with Gasteiger partial charge >= 0.3 is 0 Å². The Kier molecular flexibility index (Phi) is 5.08. The van der Waals surface area contributed by atoms with Crippen molar-refractivity contribution in [1.29, 1.82) is 0 Å². The molecule has 0 N–H and O–H groups in total. The maximum Gasteiger partial charge on any atom is 0.0661 e. The number of alkyl halides is 1. The maximum atomic E-state index is 3.88. The standard InChI is InChI=1S/C17H10Br3I/c18-15-8-6-13(11-3-1-2-4-12(11)15)17(20)14-9-10(21)5-7-16(14)19/h1-9,17H. The fourth-order valence-electron chi connectivity index (χ4n) is 2.38. The zero-order valence-electron chi connectivity index (χ0n) is 10.8.